The molecule has 0 saturated carbocycles. The van der Waals surface area contributed by atoms with Crippen molar-refractivity contribution in [2.24, 2.45) is 0 Å². The molecule has 1 aliphatic rings. The van der Waals surface area contributed by atoms with Crippen molar-refractivity contribution in [2.45, 2.75) is 12.6 Å². The molecule has 0 bridgehead atoms. The van der Waals surface area contributed by atoms with Crippen molar-refractivity contribution in [2.75, 3.05) is 4.90 Å². The fraction of sp³-hybridized carbons (Fsp3) is 0.182. The Morgan fingerprint density at radius 1 is 1.39 bits per heavy atom. The molecule has 1 amide bonds. The molecule has 2 rings (SSSR count). The van der Waals surface area contributed by atoms with E-state index in [4.69, 9.17) is 0 Å². The number of hydrogen-bond donors (Lipinski definition) is 1. The Bertz CT molecular complexity index is 551. The Kier molecular flexibility index (Phi) is 3.11. The maximum absolute atomic E-state index is 11.8. The highest BCUT2D eigenvalue weighted by molar-refractivity contribution is 14.1. The van der Waals surface area contributed by atoms with E-state index < -0.39 is 10.6 Å². The molecule has 94 valence electrons. The first-order valence-electron chi connectivity index (χ1n) is 5.03. The number of amides is 1. The number of non-ortho nitro benzene ring substituents is 1. The van der Waals surface area contributed by atoms with Gasteiger partial charge >= 0.3 is 0 Å². The van der Waals surface area contributed by atoms with E-state index in [0.29, 0.717) is 9.27 Å². The molecule has 1 aliphatic heterocycles. The molecule has 1 unspecified atom stereocenters. The van der Waals surface area contributed by atoms with Crippen LogP contribution in [0.15, 0.2) is 33.9 Å². The van der Waals surface area contributed by atoms with Gasteiger partial charge in [0.2, 0.25) is 0 Å². The zero-order valence-electron chi connectivity index (χ0n) is 9.33. The molecule has 1 aromatic rings. The Morgan fingerprint density at radius 2 is 1.94 bits per heavy atom. The SMILES string of the molecule is CC1(O)C(I)=CC(=O)N1c1ccc([N+](=O)[O-])cc1. The second kappa shape index (κ2) is 4.32. The summed E-state index contributed by atoms with van der Waals surface area (Å²) in [6.07, 6.45) is 1.34. The lowest BCUT2D eigenvalue weighted by molar-refractivity contribution is -0.384. The standard InChI is InChI=1S/C11H9IN2O4/c1-11(16)9(12)6-10(15)13(11)7-2-4-8(5-3-7)14(17)18/h2-6,16H,1H3. The minimum atomic E-state index is -1.41. The molecule has 0 radical (unpaired) electrons. The summed E-state index contributed by atoms with van der Waals surface area (Å²) in [6.45, 7) is 1.50. The van der Waals surface area contributed by atoms with Crippen molar-refractivity contribution in [1.29, 1.82) is 0 Å². The average Bonchev–Trinajstić information content (AvgIpc) is 2.48. The molecule has 7 heteroatoms. The van der Waals surface area contributed by atoms with Crippen LogP contribution in [0.4, 0.5) is 11.4 Å². The number of nitro benzene ring substituents is 1. The van der Waals surface area contributed by atoms with E-state index in [1.807, 2.05) is 22.6 Å². The Hall–Kier alpha value is -1.48. The number of benzene rings is 1. The highest BCUT2D eigenvalue weighted by Crippen LogP contribution is 2.37. The Morgan fingerprint density at radius 3 is 2.33 bits per heavy atom. The van der Waals surface area contributed by atoms with Crippen molar-refractivity contribution in [3.63, 3.8) is 0 Å². The maximum atomic E-state index is 11.8. The molecule has 18 heavy (non-hydrogen) atoms. The Labute approximate surface area is 116 Å². The molecule has 0 aromatic heterocycles. The monoisotopic (exact) mass is 360 g/mol. The van der Waals surface area contributed by atoms with E-state index in [1.54, 1.807) is 0 Å². The molecule has 0 saturated heterocycles. The van der Waals surface area contributed by atoms with Gasteiger partial charge in [0.05, 0.1) is 4.92 Å². The van der Waals surface area contributed by atoms with Gasteiger partial charge in [0.1, 0.15) is 0 Å². The maximum Gasteiger partial charge on any atom is 0.269 e. The van der Waals surface area contributed by atoms with Crippen molar-refractivity contribution >= 4 is 39.9 Å². The van der Waals surface area contributed by atoms with E-state index in [1.165, 1.54) is 42.2 Å². The Balaban J connectivity index is 2.38. The minimum Gasteiger partial charge on any atom is -0.366 e. The van der Waals surface area contributed by atoms with E-state index in [-0.39, 0.29) is 11.6 Å². The number of anilines is 1. The molecule has 0 fully saturated rings. The van der Waals surface area contributed by atoms with Gasteiger partial charge < -0.3 is 5.11 Å². The number of carbonyl (C=O) groups excluding carboxylic acids is 1. The molecule has 1 aromatic carbocycles. The molecule has 6 nitrogen and oxygen atoms in total. The number of carbonyl (C=O) groups is 1. The summed E-state index contributed by atoms with van der Waals surface area (Å²) in [6, 6.07) is 5.47. The molecular weight excluding hydrogens is 351 g/mol. The zero-order valence-corrected chi connectivity index (χ0v) is 11.5. The lowest BCUT2D eigenvalue weighted by Gasteiger charge is -2.31. The molecule has 0 aliphatic carbocycles. The predicted octanol–water partition coefficient (Wildman–Crippen LogP) is 1.97. The summed E-state index contributed by atoms with van der Waals surface area (Å²) in [5, 5.41) is 20.8. The van der Waals surface area contributed by atoms with Gasteiger partial charge in [-0.1, -0.05) is 0 Å². The molecular formula is C11H9IN2O4. The van der Waals surface area contributed by atoms with Gasteiger partial charge in [-0.15, -0.1) is 0 Å². The molecule has 0 spiro atoms. The third kappa shape index (κ3) is 1.99. The van der Waals surface area contributed by atoms with Crippen LogP contribution >= 0.6 is 22.6 Å². The second-order valence-electron chi connectivity index (χ2n) is 3.96. The van der Waals surface area contributed by atoms with E-state index in [0.717, 1.165) is 0 Å². The summed E-state index contributed by atoms with van der Waals surface area (Å²) in [7, 11) is 0. The third-order valence-electron chi connectivity index (χ3n) is 2.68. The number of halogens is 1. The van der Waals surface area contributed by atoms with Crippen molar-refractivity contribution in [3.05, 3.63) is 44.0 Å². The van der Waals surface area contributed by atoms with Crippen LogP contribution in [0.25, 0.3) is 0 Å². The van der Waals surface area contributed by atoms with Gasteiger partial charge in [-0.25, -0.2) is 0 Å². The molecule has 1 atom stereocenters. The number of hydrogen-bond acceptors (Lipinski definition) is 4. The van der Waals surface area contributed by atoms with Gasteiger partial charge in [0.15, 0.2) is 5.72 Å². The highest BCUT2D eigenvalue weighted by atomic mass is 127. The van der Waals surface area contributed by atoms with Crippen LogP contribution < -0.4 is 4.90 Å². The summed E-state index contributed by atoms with van der Waals surface area (Å²) < 4.78 is 0.503. The average molecular weight is 360 g/mol. The van der Waals surface area contributed by atoms with Crippen LogP contribution in [0, 0.1) is 10.1 Å². The van der Waals surface area contributed by atoms with Crippen LogP contribution in [0.1, 0.15) is 6.92 Å². The number of nitro groups is 1. The zero-order chi connectivity index (χ0) is 13.5. The number of nitrogens with zero attached hydrogens (tertiary/aromatic N) is 2. The number of rotatable bonds is 2. The van der Waals surface area contributed by atoms with Crippen LogP contribution in [0.3, 0.4) is 0 Å². The minimum absolute atomic E-state index is 0.0623. The first-order valence-corrected chi connectivity index (χ1v) is 6.10. The van der Waals surface area contributed by atoms with Gasteiger partial charge in [0, 0.05) is 27.5 Å². The first kappa shape index (κ1) is 13.0. The van der Waals surface area contributed by atoms with Crippen LogP contribution in [-0.2, 0) is 4.79 Å². The van der Waals surface area contributed by atoms with Crippen molar-refractivity contribution in [1.82, 2.24) is 0 Å². The molecule has 1 N–H and O–H groups in total. The highest BCUT2D eigenvalue weighted by Gasteiger charge is 2.42. The number of aliphatic hydroxyl groups is 1. The summed E-state index contributed by atoms with van der Waals surface area (Å²) in [5.41, 5.74) is -1.06. The smallest absolute Gasteiger partial charge is 0.269 e. The van der Waals surface area contributed by atoms with Crippen LogP contribution in [0.2, 0.25) is 0 Å². The summed E-state index contributed by atoms with van der Waals surface area (Å²) >= 11 is 1.89. The first-order chi connectivity index (χ1) is 8.34. The lowest BCUT2D eigenvalue weighted by Crippen LogP contribution is -2.45. The summed E-state index contributed by atoms with van der Waals surface area (Å²) in [4.78, 5) is 23.0. The van der Waals surface area contributed by atoms with Crippen molar-refractivity contribution in [3.8, 4) is 0 Å². The second-order valence-corrected chi connectivity index (χ2v) is 5.12. The van der Waals surface area contributed by atoms with Crippen molar-refractivity contribution < 1.29 is 14.8 Å². The van der Waals surface area contributed by atoms with E-state index in [2.05, 4.69) is 0 Å². The third-order valence-corrected chi connectivity index (χ3v) is 4.01. The fourth-order valence-corrected chi connectivity index (χ4v) is 2.24. The van der Waals surface area contributed by atoms with Gasteiger partial charge in [-0.2, -0.15) is 0 Å². The topological polar surface area (TPSA) is 83.7 Å². The van der Waals surface area contributed by atoms with Crippen LogP contribution in [0.5, 0.6) is 0 Å². The van der Waals surface area contributed by atoms with E-state index >= 15 is 0 Å². The largest absolute Gasteiger partial charge is 0.366 e. The summed E-state index contributed by atoms with van der Waals surface area (Å²) in [5.74, 6) is -0.349. The molecule has 1 heterocycles. The van der Waals surface area contributed by atoms with Crippen LogP contribution in [-0.4, -0.2) is 21.7 Å². The van der Waals surface area contributed by atoms with Gasteiger partial charge in [-0.3, -0.25) is 19.8 Å². The van der Waals surface area contributed by atoms with Gasteiger partial charge in [-0.05, 0) is 41.6 Å². The predicted molar refractivity (Wildman–Crippen MR) is 73.3 cm³/mol. The quantitative estimate of drug-likeness (QED) is 0.497. The van der Waals surface area contributed by atoms with Gasteiger partial charge in [0.25, 0.3) is 11.6 Å². The lowest BCUT2D eigenvalue weighted by atomic mass is 10.2. The van der Waals surface area contributed by atoms with E-state index in [9.17, 15) is 20.0 Å². The fourth-order valence-electron chi connectivity index (χ4n) is 1.73. The normalized spacial score (nSPS) is 23.2.